The van der Waals surface area contributed by atoms with Gasteiger partial charge in [0, 0.05) is 12.5 Å². The Balaban J connectivity index is 1.75. The van der Waals surface area contributed by atoms with Gasteiger partial charge in [0.25, 0.3) is 0 Å². The Hall–Kier alpha value is -1.27. The summed E-state index contributed by atoms with van der Waals surface area (Å²) in [5.41, 5.74) is 0. The molecule has 1 aromatic heterocycles. The van der Waals surface area contributed by atoms with E-state index >= 15 is 0 Å². The minimum atomic E-state index is 0.680. The van der Waals surface area contributed by atoms with Crippen molar-refractivity contribution in [1.29, 1.82) is 5.26 Å². The minimum Gasteiger partial charge on any atom is -0.468 e. The lowest BCUT2D eigenvalue weighted by Gasteiger charge is -2.20. The zero-order chi connectivity index (χ0) is 11.2. The molecular weight excluding hydrogens is 200 g/mol. The molecule has 1 aliphatic rings. The highest BCUT2D eigenvalue weighted by Gasteiger charge is 2.28. The van der Waals surface area contributed by atoms with Crippen LogP contribution in [0, 0.1) is 11.3 Å². The topological polar surface area (TPSA) is 40.2 Å². The third-order valence-corrected chi connectivity index (χ3v) is 2.99. The summed E-state index contributed by atoms with van der Waals surface area (Å²) in [6.07, 6.45) is 7.18. The normalized spacial score (nSPS) is 15.2. The van der Waals surface area contributed by atoms with Crippen LogP contribution in [0.15, 0.2) is 22.8 Å². The van der Waals surface area contributed by atoms with E-state index in [9.17, 15) is 0 Å². The summed E-state index contributed by atoms with van der Waals surface area (Å²) in [5.74, 6) is 1.05. The predicted octanol–water partition coefficient (Wildman–Crippen LogP) is 2.94. The molecular formula is C13H18N2O. The van der Waals surface area contributed by atoms with Crippen LogP contribution in [0.1, 0.15) is 37.9 Å². The van der Waals surface area contributed by atoms with E-state index in [1.165, 1.54) is 12.8 Å². The maximum absolute atomic E-state index is 8.48. The first kappa shape index (κ1) is 11.2. The molecule has 0 saturated heterocycles. The van der Waals surface area contributed by atoms with Gasteiger partial charge in [0.05, 0.1) is 18.9 Å². The predicted molar refractivity (Wildman–Crippen MR) is 61.6 cm³/mol. The van der Waals surface area contributed by atoms with Gasteiger partial charge in [-0.3, -0.25) is 4.90 Å². The van der Waals surface area contributed by atoms with Crippen LogP contribution in [0.4, 0.5) is 0 Å². The Bertz CT molecular complexity index is 335. The van der Waals surface area contributed by atoms with Crippen molar-refractivity contribution in [3.63, 3.8) is 0 Å². The van der Waals surface area contributed by atoms with E-state index in [1.54, 1.807) is 6.26 Å². The van der Waals surface area contributed by atoms with Gasteiger partial charge in [-0.25, -0.2) is 0 Å². The number of nitriles is 1. The van der Waals surface area contributed by atoms with Crippen LogP contribution in [0.25, 0.3) is 0 Å². The molecule has 0 amide bonds. The molecule has 0 N–H and O–H groups in total. The number of nitrogens with zero attached hydrogens (tertiary/aromatic N) is 2. The first-order chi connectivity index (χ1) is 7.90. The first-order valence-electron chi connectivity index (χ1n) is 6.03. The number of rotatable bonds is 7. The smallest absolute Gasteiger partial charge is 0.117 e. The van der Waals surface area contributed by atoms with Crippen LogP contribution in [0.2, 0.25) is 0 Å². The summed E-state index contributed by atoms with van der Waals surface area (Å²) in [4.78, 5) is 2.48. The van der Waals surface area contributed by atoms with Gasteiger partial charge in [0.15, 0.2) is 0 Å². The fraction of sp³-hybridized carbons (Fsp3) is 0.615. The number of unbranched alkanes of at least 4 members (excludes halogenated alkanes) is 2. The van der Waals surface area contributed by atoms with Crippen molar-refractivity contribution in [2.75, 3.05) is 6.54 Å². The van der Waals surface area contributed by atoms with E-state index in [0.717, 1.165) is 37.7 Å². The zero-order valence-electron chi connectivity index (χ0n) is 9.56. The maximum Gasteiger partial charge on any atom is 0.117 e. The second-order valence-corrected chi connectivity index (χ2v) is 4.40. The van der Waals surface area contributed by atoms with E-state index in [2.05, 4.69) is 11.0 Å². The highest BCUT2D eigenvalue weighted by Crippen LogP contribution is 2.28. The molecule has 0 aliphatic heterocycles. The van der Waals surface area contributed by atoms with Crippen LogP contribution in [0.3, 0.4) is 0 Å². The summed E-state index contributed by atoms with van der Waals surface area (Å²) in [6, 6.07) is 6.92. The fourth-order valence-corrected chi connectivity index (χ4v) is 1.95. The van der Waals surface area contributed by atoms with Crippen LogP contribution in [0.5, 0.6) is 0 Å². The largest absolute Gasteiger partial charge is 0.468 e. The summed E-state index contributed by atoms with van der Waals surface area (Å²) in [5, 5.41) is 8.48. The number of hydrogen-bond donors (Lipinski definition) is 0. The Labute approximate surface area is 96.7 Å². The van der Waals surface area contributed by atoms with Crippen LogP contribution in [-0.2, 0) is 6.54 Å². The molecule has 1 aliphatic carbocycles. The third-order valence-electron chi connectivity index (χ3n) is 2.99. The Morgan fingerprint density at radius 1 is 1.44 bits per heavy atom. The van der Waals surface area contributed by atoms with Gasteiger partial charge in [-0.05, 0) is 44.4 Å². The molecule has 0 bridgehead atoms. The van der Waals surface area contributed by atoms with Gasteiger partial charge in [0.1, 0.15) is 5.76 Å². The van der Waals surface area contributed by atoms with Crippen molar-refractivity contribution in [3.8, 4) is 6.07 Å². The van der Waals surface area contributed by atoms with Crippen LogP contribution in [-0.4, -0.2) is 17.5 Å². The Morgan fingerprint density at radius 3 is 2.94 bits per heavy atom. The second kappa shape index (κ2) is 5.72. The van der Waals surface area contributed by atoms with Gasteiger partial charge >= 0.3 is 0 Å². The molecule has 1 aromatic rings. The minimum absolute atomic E-state index is 0.680. The van der Waals surface area contributed by atoms with E-state index in [4.69, 9.17) is 9.68 Å². The van der Waals surface area contributed by atoms with Crippen molar-refractivity contribution in [2.24, 2.45) is 0 Å². The van der Waals surface area contributed by atoms with Gasteiger partial charge < -0.3 is 4.42 Å². The van der Waals surface area contributed by atoms with Gasteiger partial charge in [-0.1, -0.05) is 0 Å². The average molecular weight is 218 g/mol. The van der Waals surface area contributed by atoms with Gasteiger partial charge in [-0.2, -0.15) is 5.26 Å². The zero-order valence-corrected chi connectivity index (χ0v) is 9.56. The Morgan fingerprint density at radius 2 is 2.31 bits per heavy atom. The Kier molecular flexibility index (Phi) is 4.01. The second-order valence-electron chi connectivity index (χ2n) is 4.40. The molecule has 3 nitrogen and oxygen atoms in total. The molecule has 16 heavy (non-hydrogen) atoms. The average Bonchev–Trinajstić information content (AvgIpc) is 3.02. The van der Waals surface area contributed by atoms with E-state index < -0.39 is 0 Å². The van der Waals surface area contributed by atoms with Gasteiger partial charge in [0.2, 0.25) is 0 Å². The van der Waals surface area contributed by atoms with E-state index in [1.807, 2.05) is 12.1 Å². The molecule has 0 aromatic carbocycles. The quantitative estimate of drug-likeness (QED) is 0.661. The molecule has 1 fully saturated rings. The fourth-order valence-electron chi connectivity index (χ4n) is 1.95. The van der Waals surface area contributed by atoms with Crippen molar-refractivity contribution >= 4 is 0 Å². The highest BCUT2D eigenvalue weighted by molar-refractivity contribution is 4.99. The molecule has 0 unspecified atom stereocenters. The SMILES string of the molecule is N#CCCCCN(Cc1ccco1)C1CC1. The summed E-state index contributed by atoms with van der Waals surface area (Å²) in [6.45, 7) is 2.01. The van der Waals surface area contributed by atoms with Crippen LogP contribution < -0.4 is 0 Å². The van der Waals surface area contributed by atoms with Crippen molar-refractivity contribution in [1.82, 2.24) is 4.90 Å². The number of hydrogen-bond acceptors (Lipinski definition) is 3. The molecule has 1 saturated carbocycles. The van der Waals surface area contributed by atoms with Gasteiger partial charge in [-0.15, -0.1) is 0 Å². The first-order valence-corrected chi connectivity index (χ1v) is 6.03. The molecule has 0 radical (unpaired) electrons. The summed E-state index contributed by atoms with van der Waals surface area (Å²) < 4.78 is 5.38. The molecule has 0 atom stereocenters. The summed E-state index contributed by atoms with van der Waals surface area (Å²) >= 11 is 0. The lowest BCUT2D eigenvalue weighted by Crippen LogP contribution is -2.26. The van der Waals surface area contributed by atoms with Crippen LogP contribution >= 0.6 is 0 Å². The maximum atomic E-state index is 8.48. The molecule has 0 spiro atoms. The molecule has 1 heterocycles. The standard InChI is InChI=1S/C13H18N2O/c14-8-2-1-3-9-15(12-6-7-12)11-13-5-4-10-16-13/h4-5,10,12H,1-3,6-7,9,11H2. The summed E-state index contributed by atoms with van der Waals surface area (Å²) in [7, 11) is 0. The molecule has 3 heteroatoms. The highest BCUT2D eigenvalue weighted by atomic mass is 16.3. The molecule has 86 valence electrons. The monoisotopic (exact) mass is 218 g/mol. The van der Waals surface area contributed by atoms with Crippen molar-refractivity contribution < 1.29 is 4.42 Å². The lowest BCUT2D eigenvalue weighted by molar-refractivity contribution is 0.229. The lowest BCUT2D eigenvalue weighted by atomic mass is 10.2. The number of furan rings is 1. The van der Waals surface area contributed by atoms with Crippen molar-refractivity contribution in [2.45, 2.75) is 44.7 Å². The van der Waals surface area contributed by atoms with E-state index in [0.29, 0.717) is 6.42 Å². The van der Waals surface area contributed by atoms with Crippen molar-refractivity contribution in [3.05, 3.63) is 24.2 Å². The van der Waals surface area contributed by atoms with E-state index in [-0.39, 0.29) is 0 Å². The third kappa shape index (κ3) is 3.39. The molecule has 2 rings (SSSR count).